The molecule has 0 saturated carbocycles. The van der Waals surface area contributed by atoms with Gasteiger partial charge in [-0.25, -0.2) is 5.10 Å². The Balaban J connectivity index is 2.85. The highest BCUT2D eigenvalue weighted by Gasteiger charge is 2.08. The topological polar surface area (TPSA) is 17.8 Å². The molecular formula is C5H8AlIN2. The fraction of sp³-hybridized carbons (Fsp3) is 0.400. The van der Waals surface area contributed by atoms with Crippen LogP contribution < -0.4 is 0 Å². The van der Waals surface area contributed by atoms with Gasteiger partial charge in [0.15, 0.2) is 0 Å². The molecule has 0 aromatic carbocycles. The Hall–Kier alpha value is 0.472. The van der Waals surface area contributed by atoms with Crippen LogP contribution in [0.3, 0.4) is 0 Å². The van der Waals surface area contributed by atoms with Gasteiger partial charge in [0.2, 0.25) is 0 Å². The summed E-state index contributed by atoms with van der Waals surface area (Å²) in [6.07, 6.45) is 4.01. The van der Waals surface area contributed by atoms with Crippen molar-refractivity contribution in [2.24, 2.45) is 0 Å². The number of hydrogen-bond acceptors (Lipinski definition) is 1. The molecule has 0 aliphatic rings. The lowest BCUT2D eigenvalue weighted by Crippen LogP contribution is -2.11. The maximum absolute atomic E-state index is 4.19. The van der Waals surface area contributed by atoms with Crippen LogP contribution in [0.15, 0.2) is 12.4 Å². The maximum Gasteiger partial charge on any atom is 0.524 e. The van der Waals surface area contributed by atoms with Gasteiger partial charge in [0.25, 0.3) is 0 Å². The molecule has 0 aliphatic heterocycles. The van der Waals surface area contributed by atoms with E-state index in [0.717, 1.165) is 0 Å². The van der Waals surface area contributed by atoms with Crippen molar-refractivity contribution in [2.75, 3.05) is 0 Å². The first kappa shape index (κ1) is 7.58. The number of halogens is 1. The minimum atomic E-state index is -0.732. The van der Waals surface area contributed by atoms with Crippen molar-refractivity contribution in [3.63, 3.8) is 0 Å². The van der Waals surface area contributed by atoms with Gasteiger partial charge < -0.3 is 3.67 Å². The predicted molar refractivity (Wildman–Crippen MR) is 48.0 cm³/mol. The molecule has 0 saturated heterocycles. The fourth-order valence-corrected chi connectivity index (χ4v) is 2.23. The zero-order valence-corrected chi connectivity index (χ0v) is 8.82. The highest BCUT2D eigenvalue weighted by Crippen LogP contribution is 2.00. The third-order valence-corrected chi connectivity index (χ3v) is 3.82. The second-order valence-corrected chi connectivity index (χ2v) is 9.16. The molecule has 0 atom stereocenters. The summed E-state index contributed by atoms with van der Waals surface area (Å²) < 4.78 is 2.08. The van der Waals surface area contributed by atoms with Crippen LogP contribution in [0, 0.1) is 6.92 Å². The Morgan fingerprint density at radius 2 is 2.44 bits per heavy atom. The normalized spacial score (nSPS) is 9.67. The second kappa shape index (κ2) is 3.04. The van der Waals surface area contributed by atoms with Crippen LogP contribution in [0.2, 0.25) is 5.79 Å². The lowest BCUT2D eigenvalue weighted by atomic mass is 10.4. The van der Waals surface area contributed by atoms with E-state index in [9.17, 15) is 0 Å². The predicted octanol–water partition coefficient (Wildman–Crippen LogP) is 1.59. The van der Waals surface area contributed by atoms with E-state index in [1.54, 1.807) is 0 Å². The number of aromatic nitrogens is 2. The average molecular weight is 250 g/mol. The van der Waals surface area contributed by atoms with Crippen LogP contribution in [0.25, 0.3) is 0 Å². The monoisotopic (exact) mass is 250 g/mol. The molecule has 2 nitrogen and oxygen atoms in total. The van der Waals surface area contributed by atoms with Gasteiger partial charge in [-0.2, -0.15) is 20.3 Å². The maximum atomic E-state index is 4.19. The van der Waals surface area contributed by atoms with Crippen molar-refractivity contribution < 1.29 is 0 Å². The van der Waals surface area contributed by atoms with Crippen molar-refractivity contribution in [1.29, 1.82) is 0 Å². The van der Waals surface area contributed by atoms with Gasteiger partial charge in [0.05, 0.1) is 0 Å². The van der Waals surface area contributed by atoms with Gasteiger partial charge in [-0.15, -0.1) is 0 Å². The van der Waals surface area contributed by atoms with Crippen molar-refractivity contribution >= 4 is 31.4 Å². The summed E-state index contributed by atoms with van der Waals surface area (Å²) in [4.78, 5) is 0. The zero-order valence-electron chi connectivity index (χ0n) is 5.50. The molecule has 0 bridgehead atoms. The SMILES string of the molecule is Cc1cn[n]([Al]([CH3])[I])c1. The molecule has 1 aromatic heterocycles. The number of nitrogens with zero attached hydrogens (tertiary/aromatic N) is 2. The summed E-state index contributed by atoms with van der Waals surface area (Å²) in [5.41, 5.74) is 1.26. The van der Waals surface area contributed by atoms with Crippen LogP contribution in [0.5, 0.6) is 0 Å². The van der Waals surface area contributed by atoms with Gasteiger partial charge in [-0.3, -0.25) is 0 Å². The Labute approximate surface area is 70.5 Å². The number of hydrogen-bond donors (Lipinski definition) is 0. The molecule has 0 N–H and O–H groups in total. The van der Waals surface area contributed by atoms with E-state index in [4.69, 9.17) is 0 Å². The van der Waals surface area contributed by atoms with Crippen LogP contribution in [0.4, 0.5) is 0 Å². The minimum absolute atomic E-state index is 0.732. The zero-order chi connectivity index (χ0) is 6.85. The lowest BCUT2D eigenvalue weighted by Gasteiger charge is -1.94. The first-order valence-corrected chi connectivity index (χ1v) is 8.69. The second-order valence-electron chi connectivity index (χ2n) is 2.07. The Morgan fingerprint density at radius 1 is 1.78 bits per heavy atom. The van der Waals surface area contributed by atoms with E-state index in [2.05, 4.69) is 47.9 Å². The van der Waals surface area contributed by atoms with E-state index in [1.165, 1.54) is 5.56 Å². The standard InChI is InChI=1S/C4H5N2.CH3.Al.HI/c1-4-2-5-6-3-4;;;/h2-3H,1H3;1H3;;1H/q-1;;+2;/p-1. The van der Waals surface area contributed by atoms with Crippen LogP contribution in [-0.2, 0) is 0 Å². The van der Waals surface area contributed by atoms with Crippen LogP contribution in [-0.4, -0.2) is 19.9 Å². The van der Waals surface area contributed by atoms with E-state index in [-0.39, 0.29) is 0 Å². The molecule has 1 rings (SSSR count). The van der Waals surface area contributed by atoms with Gasteiger partial charge in [0, 0.05) is 12.4 Å². The van der Waals surface area contributed by atoms with Crippen molar-refractivity contribution in [1.82, 2.24) is 8.76 Å². The molecule has 4 heteroatoms. The molecule has 0 fully saturated rings. The van der Waals surface area contributed by atoms with Gasteiger partial charge in [-0.05, 0) is 12.5 Å². The smallest absolute Gasteiger partial charge is 0.352 e. The third kappa shape index (κ3) is 1.96. The summed E-state index contributed by atoms with van der Waals surface area (Å²) in [6, 6.07) is 0. The summed E-state index contributed by atoms with van der Waals surface area (Å²) in [5, 5.41) is 4.19. The molecule has 0 spiro atoms. The summed E-state index contributed by atoms with van der Waals surface area (Å²) in [5.74, 6) is 2.24. The molecule has 0 unspecified atom stereocenters. The van der Waals surface area contributed by atoms with Crippen LogP contribution >= 0.6 is 20.3 Å². The Bertz CT molecular complexity index is 197. The van der Waals surface area contributed by atoms with Crippen LogP contribution in [0.1, 0.15) is 5.56 Å². The van der Waals surface area contributed by atoms with E-state index in [1.807, 2.05) is 6.20 Å². The molecular weight excluding hydrogens is 242 g/mol. The minimum Gasteiger partial charge on any atom is -0.352 e. The Morgan fingerprint density at radius 3 is 2.67 bits per heavy atom. The molecule has 0 amide bonds. The van der Waals surface area contributed by atoms with E-state index >= 15 is 0 Å². The van der Waals surface area contributed by atoms with Gasteiger partial charge >= 0.3 is 11.1 Å². The quantitative estimate of drug-likeness (QED) is 0.546. The molecule has 1 aromatic rings. The molecule has 0 radical (unpaired) electrons. The summed E-state index contributed by atoms with van der Waals surface area (Å²) in [7, 11) is 0. The molecule has 48 valence electrons. The lowest BCUT2D eigenvalue weighted by molar-refractivity contribution is 0.975. The van der Waals surface area contributed by atoms with E-state index in [0.29, 0.717) is 0 Å². The molecule has 0 aliphatic carbocycles. The highest BCUT2D eigenvalue weighted by molar-refractivity contribution is 14.1. The number of aryl methyl sites for hydroxylation is 1. The highest BCUT2D eigenvalue weighted by atomic mass is 127. The first-order valence-electron chi connectivity index (χ1n) is 2.85. The first-order chi connectivity index (χ1) is 4.20. The average Bonchev–Trinajstić information content (AvgIpc) is 2.14. The molecule has 9 heavy (non-hydrogen) atoms. The Kier molecular flexibility index (Phi) is 2.56. The van der Waals surface area contributed by atoms with Crippen molar-refractivity contribution in [3.8, 4) is 0 Å². The molecule has 1 heterocycles. The van der Waals surface area contributed by atoms with Crippen molar-refractivity contribution in [3.05, 3.63) is 18.0 Å². The number of rotatable bonds is 1. The van der Waals surface area contributed by atoms with Crippen molar-refractivity contribution in [2.45, 2.75) is 12.7 Å². The summed E-state index contributed by atoms with van der Waals surface area (Å²) in [6.45, 7) is 2.07. The van der Waals surface area contributed by atoms with E-state index < -0.39 is 11.1 Å². The largest absolute Gasteiger partial charge is 0.524 e. The summed E-state index contributed by atoms with van der Waals surface area (Å²) >= 11 is 1.73. The van der Waals surface area contributed by atoms with Gasteiger partial charge in [-0.1, -0.05) is 5.79 Å². The van der Waals surface area contributed by atoms with Gasteiger partial charge in [0.1, 0.15) is 0 Å². The third-order valence-electron chi connectivity index (χ3n) is 1.10. The fourth-order valence-electron chi connectivity index (χ4n) is 0.628.